The maximum Gasteiger partial charge on any atom is 0.161 e. The summed E-state index contributed by atoms with van der Waals surface area (Å²) in [6.45, 7) is 0.520. The second-order valence-electron chi connectivity index (χ2n) is 4.59. The summed E-state index contributed by atoms with van der Waals surface area (Å²) in [4.78, 5) is 0. The van der Waals surface area contributed by atoms with Gasteiger partial charge in [-0.2, -0.15) is 0 Å². The van der Waals surface area contributed by atoms with E-state index in [9.17, 15) is 5.11 Å². The van der Waals surface area contributed by atoms with E-state index in [-0.39, 0.29) is 0 Å². The first kappa shape index (κ1) is 16.0. The van der Waals surface area contributed by atoms with Crippen LogP contribution in [0.3, 0.4) is 0 Å². The largest absolute Gasteiger partial charge is 0.493 e. The van der Waals surface area contributed by atoms with Crippen LogP contribution in [0.15, 0.2) is 40.0 Å². The minimum absolute atomic E-state index is 0.339. The summed E-state index contributed by atoms with van der Waals surface area (Å²) in [5.74, 6) is 1.19. The van der Waals surface area contributed by atoms with Crippen molar-refractivity contribution in [3.63, 3.8) is 0 Å². The number of aliphatic hydroxyl groups is 1. The lowest BCUT2D eigenvalue weighted by Crippen LogP contribution is -2.16. The van der Waals surface area contributed by atoms with Crippen molar-refractivity contribution in [2.45, 2.75) is 12.5 Å². The van der Waals surface area contributed by atoms with E-state index in [1.807, 2.05) is 0 Å². The van der Waals surface area contributed by atoms with Crippen LogP contribution in [0.2, 0.25) is 0 Å². The highest BCUT2D eigenvalue weighted by atomic mass is 35.5. The Balaban J connectivity index is 2.21. The van der Waals surface area contributed by atoms with Crippen molar-refractivity contribution in [2.24, 2.45) is 0 Å². The molecule has 0 saturated carbocycles. The van der Waals surface area contributed by atoms with Gasteiger partial charge in [0.05, 0.1) is 31.9 Å². The number of rotatable bonds is 5. The Morgan fingerprint density at radius 1 is 1.24 bits per heavy atom. The zero-order valence-corrected chi connectivity index (χ0v) is 13.3. The molecule has 0 aliphatic carbocycles. The topological polar surface area (TPSA) is 50.7 Å². The second kappa shape index (κ2) is 7.07. The first-order valence-corrected chi connectivity index (χ1v) is 7.19. The average molecular weight is 330 g/mol. The van der Waals surface area contributed by atoms with Crippen LogP contribution in [-0.2, 0) is 0 Å². The smallest absolute Gasteiger partial charge is 0.161 e. The minimum atomic E-state index is -0.728. The van der Waals surface area contributed by atoms with Crippen molar-refractivity contribution in [3.05, 3.63) is 45.6 Å². The van der Waals surface area contributed by atoms with Crippen LogP contribution in [0.5, 0.6) is 11.5 Å². The van der Waals surface area contributed by atoms with Crippen molar-refractivity contribution in [2.75, 3.05) is 20.8 Å². The number of aliphatic hydroxyl groups excluding tert-OH is 1. The van der Waals surface area contributed by atoms with Crippen molar-refractivity contribution >= 4 is 23.2 Å². The molecular formula is C15H17Cl2NO3. The lowest BCUT2D eigenvalue weighted by molar-refractivity contribution is 0.178. The minimum Gasteiger partial charge on any atom is -0.493 e. The molecule has 21 heavy (non-hydrogen) atoms. The molecule has 1 aromatic carbocycles. The predicted octanol–water partition coefficient (Wildman–Crippen LogP) is 3.30. The molecule has 1 heterocycles. The predicted molar refractivity (Wildman–Crippen MR) is 83.9 cm³/mol. The Kier molecular flexibility index (Phi) is 5.39. The van der Waals surface area contributed by atoms with Crippen LogP contribution in [0.25, 0.3) is 0 Å². The standard InChI is InChI=1S/C15H17Cl2NO3/c1-20-14-4-3-9(5-15(14)21-2)13(19)6-10-11(16)7-18-8-12(10)17/h3-5,7,13,18-19H,6,8H2,1-2H3. The molecule has 1 aliphatic heterocycles. The van der Waals surface area contributed by atoms with Gasteiger partial charge in [0.15, 0.2) is 11.5 Å². The third-order valence-electron chi connectivity index (χ3n) is 3.29. The maximum atomic E-state index is 10.4. The Morgan fingerprint density at radius 2 is 1.95 bits per heavy atom. The van der Waals surface area contributed by atoms with E-state index in [1.165, 1.54) is 0 Å². The molecule has 0 saturated heterocycles. The summed E-state index contributed by atoms with van der Waals surface area (Å²) in [7, 11) is 3.12. The Bertz CT molecular complexity index is 584. The third kappa shape index (κ3) is 3.64. The maximum absolute atomic E-state index is 10.4. The summed E-state index contributed by atoms with van der Waals surface area (Å²) >= 11 is 12.3. The summed E-state index contributed by atoms with van der Waals surface area (Å²) < 4.78 is 10.4. The summed E-state index contributed by atoms with van der Waals surface area (Å²) in [5, 5.41) is 14.5. The van der Waals surface area contributed by atoms with Gasteiger partial charge in [0.2, 0.25) is 0 Å². The number of methoxy groups -OCH3 is 2. The Morgan fingerprint density at radius 3 is 2.57 bits per heavy atom. The number of halogens is 2. The summed E-state index contributed by atoms with van der Waals surface area (Å²) in [6.07, 6.45) is 1.30. The molecule has 1 unspecified atom stereocenters. The fourth-order valence-corrected chi connectivity index (χ4v) is 2.71. The summed E-state index contributed by atoms with van der Waals surface area (Å²) in [5.41, 5.74) is 1.46. The first-order chi connectivity index (χ1) is 10.1. The van der Waals surface area contributed by atoms with Gasteiger partial charge in [0, 0.05) is 17.7 Å². The molecule has 0 bridgehead atoms. The van der Waals surface area contributed by atoms with Crippen molar-refractivity contribution in [3.8, 4) is 11.5 Å². The van der Waals surface area contributed by atoms with Gasteiger partial charge in [0.25, 0.3) is 0 Å². The third-order valence-corrected chi connectivity index (χ3v) is 3.99. The molecule has 0 amide bonds. The molecule has 4 nitrogen and oxygen atoms in total. The van der Waals surface area contributed by atoms with Gasteiger partial charge in [-0.25, -0.2) is 0 Å². The molecule has 0 radical (unpaired) electrons. The van der Waals surface area contributed by atoms with E-state index in [2.05, 4.69) is 5.32 Å². The monoisotopic (exact) mass is 329 g/mol. The molecule has 1 aromatic rings. The SMILES string of the molecule is COc1ccc(C(O)CC2=C(Cl)CNC=C2Cl)cc1OC. The number of hydrogen-bond acceptors (Lipinski definition) is 4. The molecule has 2 rings (SSSR count). The Hall–Kier alpha value is -1.36. The zero-order chi connectivity index (χ0) is 15.4. The van der Waals surface area contributed by atoms with Crippen LogP contribution in [-0.4, -0.2) is 25.9 Å². The lowest BCUT2D eigenvalue weighted by atomic mass is 9.99. The molecule has 2 N–H and O–H groups in total. The first-order valence-electron chi connectivity index (χ1n) is 6.43. The lowest BCUT2D eigenvalue weighted by Gasteiger charge is -2.19. The van der Waals surface area contributed by atoms with E-state index in [4.69, 9.17) is 32.7 Å². The van der Waals surface area contributed by atoms with E-state index in [1.54, 1.807) is 38.6 Å². The number of allylic oxidation sites excluding steroid dienone is 1. The van der Waals surface area contributed by atoms with Gasteiger partial charge < -0.3 is 19.9 Å². The average Bonchev–Trinajstić information content (AvgIpc) is 2.50. The highest BCUT2D eigenvalue weighted by molar-refractivity contribution is 6.36. The number of dihydropyridines is 1. The quantitative estimate of drug-likeness (QED) is 0.870. The van der Waals surface area contributed by atoms with Crippen molar-refractivity contribution in [1.29, 1.82) is 0 Å². The van der Waals surface area contributed by atoms with Crippen LogP contribution >= 0.6 is 23.2 Å². The van der Waals surface area contributed by atoms with E-state index >= 15 is 0 Å². The fraction of sp³-hybridized carbons (Fsp3) is 0.333. The number of benzene rings is 1. The fourth-order valence-electron chi connectivity index (χ4n) is 2.13. The van der Waals surface area contributed by atoms with Crippen molar-refractivity contribution in [1.82, 2.24) is 5.32 Å². The van der Waals surface area contributed by atoms with Gasteiger partial charge in [-0.05, 0) is 23.3 Å². The van der Waals surface area contributed by atoms with E-state index in [0.29, 0.717) is 40.1 Å². The molecule has 114 valence electrons. The van der Waals surface area contributed by atoms with Crippen LogP contribution in [0.1, 0.15) is 18.1 Å². The van der Waals surface area contributed by atoms with Crippen LogP contribution in [0, 0.1) is 0 Å². The van der Waals surface area contributed by atoms with Crippen molar-refractivity contribution < 1.29 is 14.6 Å². The zero-order valence-electron chi connectivity index (χ0n) is 11.8. The molecule has 1 aliphatic rings. The van der Waals surface area contributed by atoms with Crippen LogP contribution < -0.4 is 14.8 Å². The summed E-state index contributed by atoms with van der Waals surface area (Å²) in [6, 6.07) is 5.29. The highest BCUT2D eigenvalue weighted by Crippen LogP contribution is 2.35. The molecule has 6 heteroatoms. The molecular weight excluding hydrogens is 313 g/mol. The van der Waals surface area contributed by atoms with E-state index in [0.717, 1.165) is 5.57 Å². The number of hydrogen-bond donors (Lipinski definition) is 2. The molecule has 0 fully saturated rings. The molecule has 1 atom stereocenters. The molecule has 0 aromatic heterocycles. The van der Waals surface area contributed by atoms with Gasteiger partial charge in [0.1, 0.15) is 0 Å². The molecule has 0 spiro atoms. The second-order valence-corrected chi connectivity index (χ2v) is 5.45. The van der Waals surface area contributed by atoms with Gasteiger partial charge >= 0.3 is 0 Å². The Labute approximate surface area is 134 Å². The normalized spacial score (nSPS) is 16.1. The van der Waals surface area contributed by atoms with Gasteiger partial charge in [-0.3, -0.25) is 0 Å². The van der Waals surface area contributed by atoms with Gasteiger partial charge in [-0.1, -0.05) is 29.3 Å². The van der Waals surface area contributed by atoms with E-state index < -0.39 is 6.10 Å². The van der Waals surface area contributed by atoms with Gasteiger partial charge in [-0.15, -0.1) is 0 Å². The number of ether oxygens (including phenoxy) is 2. The highest BCUT2D eigenvalue weighted by Gasteiger charge is 2.19. The number of nitrogens with one attached hydrogen (secondary N) is 1. The van der Waals surface area contributed by atoms with Crippen LogP contribution in [0.4, 0.5) is 0 Å².